The Hall–Kier alpha value is -2.59. The second-order valence-corrected chi connectivity index (χ2v) is 6.26. The monoisotopic (exact) mass is 334 g/mol. The first-order valence-electron chi connectivity index (χ1n) is 7.66. The molecule has 0 unspecified atom stereocenters. The van der Waals surface area contributed by atoms with Crippen LogP contribution in [0.3, 0.4) is 0 Å². The van der Waals surface area contributed by atoms with E-state index in [-0.39, 0.29) is 5.91 Å². The van der Waals surface area contributed by atoms with Crippen molar-refractivity contribution in [3.63, 3.8) is 0 Å². The molecule has 0 saturated carbocycles. The fourth-order valence-corrected chi connectivity index (χ4v) is 2.85. The van der Waals surface area contributed by atoms with Gasteiger partial charge in [0.1, 0.15) is 0 Å². The number of hydrogen-bond donors (Lipinski definition) is 1. The van der Waals surface area contributed by atoms with Gasteiger partial charge in [-0.25, -0.2) is 0 Å². The number of benzene rings is 2. The summed E-state index contributed by atoms with van der Waals surface area (Å²) >= 11 is 1.67. The maximum Gasteiger partial charge on any atom is 0.257 e. The standard InChI is InChI=1S/C20H18N2OS/c1-14-18(12-13-19(21-14)15-6-4-3-5-7-15)20(23)22-16-8-10-17(24-2)11-9-16/h3-13H,1-2H3,(H,22,23). The van der Waals surface area contributed by atoms with Crippen molar-refractivity contribution < 1.29 is 4.79 Å². The van der Waals surface area contributed by atoms with E-state index in [1.807, 2.05) is 79.9 Å². The summed E-state index contributed by atoms with van der Waals surface area (Å²) in [7, 11) is 0. The summed E-state index contributed by atoms with van der Waals surface area (Å²) < 4.78 is 0. The van der Waals surface area contributed by atoms with Crippen molar-refractivity contribution in [1.82, 2.24) is 4.98 Å². The largest absolute Gasteiger partial charge is 0.322 e. The molecule has 3 nitrogen and oxygen atoms in total. The normalized spacial score (nSPS) is 10.4. The van der Waals surface area contributed by atoms with Crippen molar-refractivity contribution in [2.45, 2.75) is 11.8 Å². The lowest BCUT2D eigenvalue weighted by Crippen LogP contribution is -2.14. The molecule has 120 valence electrons. The third-order valence-electron chi connectivity index (χ3n) is 3.75. The van der Waals surface area contributed by atoms with Gasteiger partial charge in [0, 0.05) is 16.1 Å². The van der Waals surface area contributed by atoms with Gasteiger partial charge in [-0.15, -0.1) is 11.8 Å². The number of thioether (sulfide) groups is 1. The molecule has 0 bridgehead atoms. The van der Waals surface area contributed by atoms with Crippen LogP contribution in [0.2, 0.25) is 0 Å². The van der Waals surface area contributed by atoms with Gasteiger partial charge in [0.25, 0.3) is 5.91 Å². The van der Waals surface area contributed by atoms with Crippen molar-refractivity contribution in [3.8, 4) is 11.3 Å². The zero-order chi connectivity index (χ0) is 16.9. The zero-order valence-electron chi connectivity index (χ0n) is 13.6. The van der Waals surface area contributed by atoms with Crippen molar-refractivity contribution in [3.05, 3.63) is 78.0 Å². The summed E-state index contributed by atoms with van der Waals surface area (Å²) in [4.78, 5) is 18.2. The minimum absolute atomic E-state index is 0.142. The van der Waals surface area contributed by atoms with Gasteiger partial charge in [-0.3, -0.25) is 9.78 Å². The second-order valence-electron chi connectivity index (χ2n) is 5.38. The number of aryl methyl sites for hydroxylation is 1. The zero-order valence-corrected chi connectivity index (χ0v) is 14.4. The van der Waals surface area contributed by atoms with Crippen molar-refractivity contribution in [1.29, 1.82) is 0 Å². The van der Waals surface area contributed by atoms with Crippen molar-refractivity contribution in [2.24, 2.45) is 0 Å². The molecule has 3 aromatic rings. The lowest BCUT2D eigenvalue weighted by molar-refractivity contribution is 0.102. The molecular formula is C20H18N2OS. The molecule has 0 aliphatic heterocycles. The van der Waals surface area contributed by atoms with Gasteiger partial charge in [0.2, 0.25) is 0 Å². The van der Waals surface area contributed by atoms with Crippen molar-refractivity contribution >= 4 is 23.4 Å². The molecule has 0 atom stereocenters. The van der Waals surface area contributed by atoms with E-state index in [0.717, 1.165) is 27.5 Å². The first kappa shape index (κ1) is 16.3. The molecule has 0 saturated heterocycles. The molecule has 0 aliphatic carbocycles. The molecule has 0 aliphatic rings. The molecule has 2 aromatic carbocycles. The van der Waals surface area contributed by atoms with Crippen LogP contribution in [0.25, 0.3) is 11.3 Å². The molecule has 24 heavy (non-hydrogen) atoms. The molecule has 0 spiro atoms. The van der Waals surface area contributed by atoms with Crippen molar-refractivity contribution in [2.75, 3.05) is 11.6 Å². The highest BCUT2D eigenvalue weighted by Crippen LogP contribution is 2.21. The third kappa shape index (κ3) is 3.66. The van der Waals surface area contributed by atoms with Crippen LogP contribution in [0.5, 0.6) is 0 Å². The number of anilines is 1. The van der Waals surface area contributed by atoms with Crippen LogP contribution in [0, 0.1) is 6.92 Å². The minimum Gasteiger partial charge on any atom is -0.322 e. The highest BCUT2D eigenvalue weighted by Gasteiger charge is 2.11. The van der Waals surface area contributed by atoms with Gasteiger partial charge in [0.15, 0.2) is 0 Å². The van der Waals surface area contributed by atoms with Gasteiger partial charge >= 0.3 is 0 Å². The number of rotatable bonds is 4. The average Bonchev–Trinajstić information content (AvgIpc) is 2.63. The first-order chi connectivity index (χ1) is 11.7. The Morgan fingerprint density at radius 2 is 1.67 bits per heavy atom. The van der Waals surface area contributed by atoms with E-state index in [9.17, 15) is 4.79 Å². The molecule has 1 heterocycles. The number of nitrogens with zero attached hydrogens (tertiary/aromatic N) is 1. The van der Waals surface area contributed by atoms with E-state index in [0.29, 0.717) is 5.56 Å². The molecule has 1 aromatic heterocycles. The smallest absolute Gasteiger partial charge is 0.257 e. The summed E-state index contributed by atoms with van der Waals surface area (Å²) in [6, 6.07) is 21.5. The summed E-state index contributed by atoms with van der Waals surface area (Å²) in [6.07, 6.45) is 2.02. The van der Waals surface area contributed by atoms with Crippen LogP contribution >= 0.6 is 11.8 Å². The predicted molar refractivity (Wildman–Crippen MR) is 101 cm³/mol. The number of carbonyl (C=O) groups is 1. The molecule has 1 amide bonds. The average molecular weight is 334 g/mol. The Labute approximate surface area is 146 Å². The van der Waals surface area contributed by atoms with Crippen LogP contribution in [-0.2, 0) is 0 Å². The van der Waals surface area contributed by atoms with E-state index >= 15 is 0 Å². The highest BCUT2D eigenvalue weighted by molar-refractivity contribution is 7.98. The topological polar surface area (TPSA) is 42.0 Å². The summed E-state index contributed by atoms with van der Waals surface area (Å²) in [5.41, 5.74) is 4.00. The number of amides is 1. The quantitative estimate of drug-likeness (QED) is 0.680. The lowest BCUT2D eigenvalue weighted by Gasteiger charge is -2.09. The third-order valence-corrected chi connectivity index (χ3v) is 4.49. The number of carbonyl (C=O) groups excluding carboxylic acids is 1. The van der Waals surface area contributed by atoms with E-state index < -0.39 is 0 Å². The number of nitrogens with one attached hydrogen (secondary N) is 1. The van der Waals surface area contributed by atoms with E-state index in [1.54, 1.807) is 11.8 Å². The fraction of sp³-hybridized carbons (Fsp3) is 0.100. The SMILES string of the molecule is CSc1ccc(NC(=O)c2ccc(-c3ccccc3)nc2C)cc1. The van der Waals surface area contributed by atoms with Crippen LogP contribution in [-0.4, -0.2) is 17.1 Å². The van der Waals surface area contributed by atoms with Crippen LogP contribution in [0.1, 0.15) is 16.1 Å². The Bertz CT molecular complexity index is 845. The van der Waals surface area contributed by atoms with Gasteiger partial charge in [-0.05, 0) is 49.6 Å². The lowest BCUT2D eigenvalue weighted by atomic mass is 10.1. The van der Waals surface area contributed by atoms with E-state index in [4.69, 9.17) is 0 Å². The Morgan fingerprint density at radius 3 is 2.29 bits per heavy atom. The van der Waals surface area contributed by atoms with Crippen LogP contribution < -0.4 is 5.32 Å². The number of aromatic nitrogens is 1. The van der Waals surface area contributed by atoms with Crippen LogP contribution in [0.4, 0.5) is 5.69 Å². The first-order valence-corrected chi connectivity index (χ1v) is 8.88. The summed E-state index contributed by atoms with van der Waals surface area (Å²) in [5, 5.41) is 2.92. The van der Waals surface area contributed by atoms with Gasteiger partial charge < -0.3 is 5.32 Å². The Balaban J connectivity index is 1.80. The highest BCUT2D eigenvalue weighted by atomic mass is 32.2. The molecule has 1 N–H and O–H groups in total. The maximum atomic E-state index is 12.5. The van der Waals surface area contributed by atoms with Gasteiger partial charge in [-0.1, -0.05) is 30.3 Å². The Kier molecular flexibility index (Phi) is 4.96. The van der Waals surface area contributed by atoms with E-state index in [2.05, 4.69) is 10.3 Å². The molecule has 3 rings (SSSR count). The maximum absolute atomic E-state index is 12.5. The van der Waals surface area contributed by atoms with Crippen LogP contribution in [0.15, 0.2) is 71.6 Å². The van der Waals surface area contributed by atoms with Gasteiger partial charge in [0.05, 0.1) is 17.0 Å². The van der Waals surface area contributed by atoms with E-state index in [1.165, 1.54) is 0 Å². The molecular weight excluding hydrogens is 316 g/mol. The molecule has 0 radical (unpaired) electrons. The van der Waals surface area contributed by atoms with Gasteiger partial charge in [-0.2, -0.15) is 0 Å². The second kappa shape index (κ2) is 7.32. The predicted octanol–water partition coefficient (Wildman–Crippen LogP) is 5.03. The summed E-state index contributed by atoms with van der Waals surface area (Å²) in [6.45, 7) is 1.86. The molecule has 4 heteroatoms. The Morgan fingerprint density at radius 1 is 0.958 bits per heavy atom. The fourth-order valence-electron chi connectivity index (χ4n) is 2.44. The number of hydrogen-bond acceptors (Lipinski definition) is 3. The summed E-state index contributed by atoms with van der Waals surface area (Å²) in [5.74, 6) is -0.142. The molecule has 0 fully saturated rings. The number of pyridine rings is 1. The minimum atomic E-state index is -0.142.